The Kier molecular flexibility index (Phi) is 5.99. The van der Waals surface area contributed by atoms with E-state index >= 15 is 0 Å². The van der Waals surface area contributed by atoms with Gasteiger partial charge in [-0.1, -0.05) is 23.7 Å². The number of fused-ring (bicyclic) bond motifs is 2. The van der Waals surface area contributed by atoms with Crippen LogP contribution in [0.3, 0.4) is 0 Å². The number of rotatable bonds is 7. The lowest BCUT2D eigenvalue weighted by molar-refractivity contribution is -0.384. The molecule has 0 bridgehead atoms. The molecule has 0 aliphatic carbocycles. The number of hydrogen-bond donors (Lipinski definition) is 0. The Labute approximate surface area is 188 Å². The van der Waals surface area contributed by atoms with Gasteiger partial charge in [-0.25, -0.2) is 0 Å². The number of nitro groups is 1. The second kappa shape index (κ2) is 8.72. The Morgan fingerprint density at radius 3 is 2.72 bits per heavy atom. The first kappa shape index (κ1) is 22.0. The van der Waals surface area contributed by atoms with Gasteiger partial charge in [0.2, 0.25) is 5.76 Å². The van der Waals surface area contributed by atoms with Crippen molar-refractivity contribution >= 4 is 34.2 Å². The number of carbonyl (C=O) groups is 1. The van der Waals surface area contributed by atoms with Crippen LogP contribution in [-0.2, 0) is 4.74 Å². The zero-order chi connectivity index (χ0) is 23.0. The van der Waals surface area contributed by atoms with Crippen LogP contribution in [0.25, 0.3) is 11.0 Å². The van der Waals surface area contributed by atoms with E-state index in [1.165, 1.54) is 29.2 Å². The molecular weight excluding hydrogens is 436 g/mol. The van der Waals surface area contributed by atoms with Crippen molar-refractivity contribution in [3.8, 4) is 0 Å². The molecule has 0 spiro atoms. The molecule has 9 heteroatoms. The number of amides is 1. The predicted molar refractivity (Wildman–Crippen MR) is 119 cm³/mol. The smallest absolute Gasteiger partial charge is 0.290 e. The average molecular weight is 457 g/mol. The summed E-state index contributed by atoms with van der Waals surface area (Å²) in [7, 11) is 0. The number of nitro benzene ring substituents is 1. The molecule has 0 N–H and O–H groups in total. The molecule has 0 saturated heterocycles. The monoisotopic (exact) mass is 456 g/mol. The highest BCUT2D eigenvalue weighted by atomic mass is 35.5. The van der Waals surface area contributed by atoms with Gasteiger partial charge in [-0.2, -0.15) is 0 Å². The van der Waals surface area contributed by atoms with Crippen LogP contribution in [0.15, 0.2) is 51.7 Å². The van der Waals surface area contributed by atoms with Crippen LogP contribution in [0.1, 0.15) is 48.0 Å². The van der Waals surface area contributed by atoms with E-state index in [-0.39, 0.29) is 39.5 Å². The van der Waals surface area contributed by atoms with Gasteiger partial charge in [-0.3, -0.25) is 19.7 Å². The Morgan fingerprint density at radius 1 is 1.22 bits per heavy atom. The van der Waals surface area contributed by atoms with Crippen LogP contribution in [-0.4, -0.2) is 35.0 Å². The van der Waals surface area contributed by atoms with E-state index in [1.54, 1.807) is 18.2 Å². The molecule has 4 rings (SSSR count). The van der Waals surface area contributed by atoms with Gasteiger partial charge >= 0.3 is 0 Å². The number of non-ortho nitro benzene ring substituents is 1. The number of carbonyl (C=O) groups excluding carboxylic acids is 1. The largest absolute Gasteiger partial charge is 0.450 e. The van der Waals surface area contributed by atoms with Gasteiger partial charge in [0, 0.05) is 30.3 Å². The lowest BCUT2D eigenvalue weighted by atomic mass is 9.98. The molecule has 8 nitrogen and oxygen atoms in total. The van der Waals surface area contributed by atoms with E-state index in [1.807, 2.05) is 13.8 Å². The number of ether oxygens (including phenoxy) is 1. The van der Waals surface area contributed by atoms with Crippen molar-refractivity contribution in [1.29, 1.82) is 0 Å². The standard InChI is InChI=1S/C23H21ClN2O6/c1-13(2)31-10-4-9-25-20(14-5-3-6-16(11-14)26(29)30)19-21(27)17-12-15(24)7-8-18(17)32-22(19)23(25)28/h3,5-8,11-13,20H,4,9-10H2,1-2H3. The highest BCUT2D eigenvalue weighted by Crippen LogP contribution is 2.39. The zero-order valence-electron chi connectivity index (χ0n) is 17.5. The van der Waals surface area contributed by atoms with Gasteiger partial charge in [-0.05, 0) is 44.0 Å². The van der Waals surface area contributed by atoms with E-state index in [2.05, 4.69) is 0 Å². The number of nitrogens with zero attached hydrogens (tertiary/aromatic N) is 2. The molecule has 0 saturated carbocycles. The molecule has 166 valence electrons. The summed E-state index contributed by atoms with van der Waals surface area (Å²) in [6.07, 6.45) is 0.579. The van der Waals surface area contributed by atoms with E-state index in [0.717, 1.165) is 0 Å². The lowest BCUT2D eigenvalue weighted by Crippen LogP contribution is -2.31. The van der Waals surface area contributed by atoms with Crippen LogP contribution in [0.4, 0.5) is 5.69 Å². The van der Waals surface area contributed by atoms with Crippen molar-refractivity contribution in [3.63, 3.8) is 0 Å². The fourth-order valence-electron chi connectivity index (χ4n) is 3.93. The SMILES string of the molecule is CC(C)OCCCN1C(=O)c2oc3ccc(Cl)cc3c(=O)c2C1c1cccc([N+](=O)[O-])c1. The van der Waals surface area contributed by atoms with Crippen LogP contribution < -0.4 is 5.43 Å². The minimum absolute atomic E-state index is 0.0485. The van der Waals surface area contributed by atoms with Crippen LogP contribution in [0.5, 0.6) is 0 Å². The molecule has 2 aromatic carbocycles. The second-order valence-corrected chi connectivity index (χ2v) is 8.28. The summed E-state index contributed by atoms with van der Waals surface area (Å²) >= 11 is 6.07. The molecule has 32 heavy (non-hydrogen) atoms. The maximum atomic E-state index is 13.4. The summed E-state index contributed by atoms with van der Waals surface area (Å²) in [4.78, 5) is 39.0. The molecule has 0 fully saturated rings. The zero-order valence-corrected chi connectivity index (χ0v) is 18.3. The number of halogens is 1. The van der Waals surface area contributed by atoms with Crippen molar-refractivity contribution in [1.82, 2.24) is 4.90 Å². The predicted octanol–water partition coefficient (Wildman–Crippen LogP) is 4.71. The average Bonchev–Trinajstić information content (AvgIpc) is 3.04. The summed E-state index contributed by atoms with van der Waals surface area (Å²) in [5.74, 6) is -0.485. The maximum absolute atomic E-state index is 13.4. The van der Waals surface area contributed by atoms with Gasteiger partial charge in [0.1, 0.15) is 5.58 Å². The Hall–Kier alpha value is -3.23. The molecule has 1 amide bonds. The molecule has 1 aromatic heterocycles. The van der Waals surface area contributed by atoms with Crippen molar-refractivity contribution in [2.45, 2.75) is 32.4 Å². The molecule has 2 heterocycles. The summed E-state index contributed by atoms with van der Waals surface area (Å²) < 4.78 is 11.4. The van der Waals surface area contributed by atoms with E-state index < -0.39 is 16.9 Å². The fraction of sp³-hybridized carbons (Fsp3) is 0.304. The first-order valence-electron chi connectivity index (χ1n) is 10.2. The van der Waals surface area contributed by atoms with Crippen molar-refractivity contribution in [2.24, 2.45) is 0 Å². The fourth-order valence-corrected chi connectivity index (χ4v) is 4.10. The van der Waals surface area contributed by atoms with Gasteiger partial charge in [0.05, 0.1) is 28.0 Å². The molecule has 1 unspecified atom stereocenters. The third-order valence-corrected chi connectivity index (χ3v) is 5.55. The van der Waals surface area contributed by atoms with E-state index in [9.17, 15) is 19.7 Å². The molecule has 3 aromatic rings. The molecule has 1 aliphatic heterocycles. The summed E-state index contributed by atoms with van der Waals surface area (Å²) in [6, 6.07) is 9.77. The molecular formula is C23H21ClN2O6. The third-order valence-electron chi connectivity index (χ3n) is 5.32. The first-order chi connectivity index (χ1) is 15.3. The van der Waals surface area contributed by atoms with E-state index in [4.69, 9.17) is 20.8 Å². The topological polar surface area (TPSA) is 103 Å². The summed E-state index contributed by atoms with van der Waals surface area (Å²) in [5, 5.41) is 11.9. The van der Waals surface area contributed by atoms with Gasteiger partial charge < -0.3 is 14.1 Å². The van der Waals surface area contributed by atoms with Crippen LogP contribution in [0, 0.1) is 10.1 Å². The Balaban J connectivity index is 1.85. The first-order valence-corrected chi connectivity index (χ1v) is 10.6. The van der Waals surface area contributed by atoms with Crippen molar-refractivity contribution in [2.75, 3.05) is 13.2 Å². The highest BCUT2D eigenvalue weighted by Gasteiger charge is 2.42. The van der Waals surface area contributed by atoms with Crippen LogP contribution >= 0.6 is 11.6 Å². The highest BCUT2D eigenvalue weighted by molar-refractivity contribution is 6.31. The van der Waals surface area contributed by atoms with Gasteiger partial charge in [-0.15, -0.1) is 0 Å². The lowest BCUT2D eigenvalue weighted by Gasteiger charge is -2.25. The molecule has 1 atom stereocenters. The minimum atomic E-state index is -0.809. The van der Waals surface area contributed by atoms with Crippen molar-refractivity contribution < 1.29 is 18.9 Å². The maximum Gasteiger partial charge on any atom is 0.290 e. The Bertz CT molecular complexity index is 1270. The number of benzene rings is 2. The molecule has 0 radical (unpaired) electrons. The second-order valence-electron chi connectivity index (χ2n) is 7.84. The minimum Gasteiger partial charge on any atom is -0.450 e. The summed E-state index contributed by atoms with van der Waals surface area (Å²) in [6.45, 7) is 4.56. The number of hydrogen-bond acceptors (Lipinski definition) is 6. The summed E-state index contributed by atoms with van der Waals surface area (Å²) in [5.41, 5.74) is 0.378. The molecule has 1 aliphatic rings. The van der Waals surface area contributed by atoms with E-state index in [0.29, 0.717) is 30.2 Å². The normalized spacial score (nSPS) is 15.6. The quantitative estimate of drug-likeness (QED) is 0.289. The van der Waals surface area contributed by atoms with Gasteiger partial charge in [0.15, 0.2) is 5.43 Å². The Morgan fingerprint density at radius 2 is 2.00 bits per heavy atom. The van der Waals surface area contributed by atoms with Crippen molar-refractivity contribution in [3.05, 3.63) is 84.7 Å². The van der Waals surface area contributed by atoms with Gasteiger partial charge in [0.25, 0.3) is 11.6 Å². The van der Waals surface area contributed by atoms with Crippen LogP contribution in [0.2, 0.25) is 5.02 Å². The third kappa shape index (κ3) is 3.99.